The first-order valence-electron chi connectivity index (χ1n) is 24.8. The second kappa shape index (κ2) is 13.8. The van der Waals surface area contributed by atoms with Crippen LogP contribution >= 0.6 is 11.3 Å². The van der Waals surface area contributed by atoms with E-state index in [2.05, 4.69) is 223 Å². The van der Waals surface area contributed by atoms with Gasteiger partial charge in [-0.25, -0.2) is 0 Å². The Morgan fingerprint density at radius 3 is 1.65 bits per heavy atom. The largest absolute Gasteiger partial charge is 0.309 e. The fraction of sp³-hybridized carbons (Fsp3) is 0.0147. The molecule has 4 aromatic heterocycles. The number of hydrogen-bond donors (Lipinski definition) is 0. The summed E-state index contributed by atoms with van der Waals surface area (Å²) in [6.07, 6.45) is 0. The highest BCUT2D eigenvalue weighted by Crippen LogP contribution is 2.63. The van der Waals surface area contributed by atoms with Crippen molar-refractivity contribution in [3.63, 3.8) is 0 Å². The Labute approximate surface area is 416 Å². The minimum Gasteiger partial charge on any atom is -0.309 e. The second-order valence-corrected chi connectivity index (χ2v) is 20.9. The van der Waals surface area contributed by atoms with Gasteiger partial charge in [0.2, 0.25) is 0 Å². The third-order valence-corrected chi connectivity index (χ3v) is 17.6. The zero-order valence-electron chi connectivity index (χ0n) is 38.7. The van der Waals surface area contributed by atoms with Gasteiger partial charge in [0.05, 0.1) is 33.2 Å². The smallest absolute Gasteiger partial charge is 0.263 e. The van der Waals surface area contributed by atoms with E-state index in [4.69, 9.17) is 0 Å². The monoisotopic (exact) mass is 930 g/mol. The van der Waals surface area contributed by atoms with Crippen molar-refractivity contribution in [2.24, 2.45) is 0 Å². The molecule has 3 nitrogen and oxygen atoms in total. The number of fused-ring (bicyclic) bond motifs is 21. The zero-order chi connectivity index (χ0) is 47.0. The Hall–Kier alpha value is -9.09. The maximum absolute atomic E-state index is 14.7. The molecule has 1 spiro atoms. The predicted molar refractivity (Wildman–Crippen MR) is 302 cm³/mol. The van der Waals surface area contributed by atoms with E-state index in [1.54, 1.807) is 0 Å². The highest BCUT2D eigenvalue weighted by atomic mass is 32.1. The fourth-order valence-electron chi connectivity index (χ4n) is 13.5. The van der Waals surface area contributed by atoms with Gasteiger partial charge < -0.3 is 4.57 Å². The molecule has 2 aliphatic rings. The van der Waals surface area contributed by atoms with Crippen LogP contribution in [0, 0.1) is 0 Å². The van der Waals surface area contributed by atoms with Gasteiger partial charge in [0, 0.05) is 58.1 Å². The summed E-state index contributed by atoms with van der Waals surface area (Å²) in [5.74, 6) is 0. The molecule has 15 aromatic rings. The topological polar surface area (TPSA) is 26.4 Å². The van der Waals surface area contributed by atoms with Crippen molar-refractivity contribution in [2.45, 2.75) is 5.41 Å². The third kappa shape index (κ3) is 4.78. The quantitative estimate of drug-likeness (QED) is 0.162. The van der Waals surface area contributed by atoms with E-state index < -0.39 is 5.41 Å². The number of aromatic nitrogens is 2. The van der Waals surface area contributed by atoms with Gasteiger partial charge in [-0.3, -0.25) is 9.20 Å². The Bertz CT molecular complexity index is 4910. The van der Waals surface area contributed by atoms with Gasteiger partial charge in [-0.1, -0.05) is 164 Å². The molecule has 0 fully saturated rings. The third-order valence-electron chi connectivity index (χ3n) is 16.5. The van der Waals surface area contributed by atoms with Crippen LogP contribution < -0.4 is 5.56 Å². The van der Waals surface area contributed by atoms with Crippen LogP contribution in [-0.2, 0) is 5.41 Å². The molecule has 0 aliphatic heterocycles. The Morgan fingerprint density at radius 2 is 0.903 bits per heavy atom. The lowest BCUT2D eigenvalue weighted by atomic mass is 9.70. The van der Waals surface area contributed by atoms with E-state index in [0.29, 0.717) is 0 Å². The number of nitrogens with zero attached hydrogens (tertiary/aromatic N) is 2. The minimum absolute atomic E-state index is 0.0101. The summed E-state index contributed by atoms with van der Waals surface area (Å²) in [6.45, 7) is 0. The average molecular weight is 931 g/mol. The molecule has 4 heteroatoms. The molecule has 332 valence electrons. The van der Waals surface area contributed by atoms with Crippen LogP contribution in [0.3, 0.4) is 0 Å². The predicted octanol–water partition coefficient (Wildman–Crippen LogP) is 17.3. The zero-order valence-corrected chi connectivity index (χ0v) is 39.5. The van der Waals surface area contributed by atoms with E-state index in [0.717, 1.165) is 71.4 Å². The standard InChI is InChI=1S/C68H38N2OS/c71-67-48-24-5-4-18-42(48)54-33-41(34-55-51-32-40(39-16-2-1-3-17-39)30-31-61(51)70(67)66(54)55)49-35-53-47-23-10-15-29-64(47)72-65(53)38-63(49)69-60-28-14-9-22-46(60)52-36-59-50(37-62(52)69)45-21-8-13-27-58(45)68(59)56-25-11-6-19-43(56)44-20-7-12-26-57(44)68/h1-38H. The molecular weight excluding hydrogens is 893 g/mol. The van der Waals surface area contributed by atoms with Crippen LogP contribution in [0.2, 0.25) is 0 Å². The van der Waals surface area contributed by atoms with Crippen molar-refractivity contribution >= 4 is 91.3 Å². The highest BCUT2D eigenvalue weighted by molar-refractivity contribution is 7.25. The molecule has 11 aromatic carbocycles. The number of benzene rings is 11. The summed E-state index contributed by atoms with van der Waals surface area (Å²) in [5.41, 5.74) is 19.9. The molecule has 0 amide bonds. The summed E-state index contributed by atoms with van der Waals surface area (Å²) >= 11 is 1.86. The van der Waals surface area contributed by atoms with Crippen LogP contribution in [0.25, 0.3) is 130 Å². The summed E-state index contributed by atoms with van der Waals surface area (Å²) in [4.78, 5) is 14.7. The number of para-hydroxylation sites is 1. The van der Waals surface area contributed by atoms with Crippen LogP contribution in [-0.4, -0.2) is 8.97 Å². The van der Waals surface area contributed by atoms with Crippen molar-refractivity contribution in [3.8, 4) is 50.2 Å². The van der Waals surface area contributed by atoms with Gasteiger partial charge in [0.15, 0.2) is 0 Å². The molecular formula is C68H38N2OS. The molecule has 0 N–H and O–H groups in total. The number of hydrogen-bond acceptors (Lipinski definition) is 2. The maximum atomic E-state index is 14.7. The molecule has 4 heterocycles. The molecule has 0 saturated carbocycles. The number of thiophene rings is 1. The van der Waals surface area contributed by atoms with E-state index in [1.807, 2.05) is 27.9 Å². The SMILES string of the molecule is O=c1c2ccccc2c2cc(-c3cc4c(cc3-n3c5ccccc5c5cc6c(cc53)-c3ccccc3C63c5ccccc5-c5ccccc53)sc3ccccc34)cc3c4cc(-c5ccccc5)ccc4n1c23. The second-order valence-electron chi connectivity index (χ2n) is 19.8. The summed E-state index contributed by atoms with van der Waals surface area (Å²) in [5, 5.41) is 9.83. The lowest BCUT2D eigenvalue weighted by molar-refractivity contribution is 0.795. The average Bonchev–Trinajstić information content (AvgIpc) is 4.22. The molecule has 0 saturated heterocycles. The van der Waals surface area contributed by atoms with Crippen LogP contribution in [0.15, 0.2) is 235 Å². The molecule has 17 rings (SSSR count). The first-order chi connectivity index (χ1) is 35.6. The first kappa shape index (κ1) is 38.7. The molecule has 2 aliphatic carbocycles. The van der Waals surface area contributed by atoms with Gasteiger partial charge in [0.25, 0.3) is 5.56 Å². The first-order valence-corrected chi connectivity index (χ1v) is 25.6. The Kier molecular flexibility index (Phi) is 7.43. The van der Waals surface area contributed by atoms with Crippen LogP contribution in [0.4, 0.5) is 0 Å². The van der Waals surface area contributed by atoms with Crippen LogP contribution in [0.5, 0.6) is 0 Å². The summed E-state index contributed by atoms with van der Waals surface area (Å²) in [7, 11) is 0. The highest BCUT2D eigenvalue weighted by Gasteiger charge is 2.51. The normalized spacial score (nSPS) is 13.4. The molecule has 72 heavy (non-hydrogen) atoms. The van der Waals surface area contributed by atoms with E-state index in [1.165, 1.54) is 81.0 Å². The lowest BCUT2D eigenvalue weighted by Gasteiger charge is -2.30. The van der Waals surface area contributed by atoms with Crippen molar-refractivity contribution in [1.82, 2.24) is 8.97 Å². The van der Waals surface area contributed by atoms with E-state index >= 15 is 0 Å². The Morgan fingerprint density at radius 1 is 0.319 bits per heavy atom. The molecule has 0 atom stereocenters. The molecule has 0 unspecified atom stereocenters. The van der Waals surface area contributed by atoms with Crippen molar-refractivity contribution in [3.05, 3.63) is 263 Å². The van der Waals surface area contributed by atoms with Gasteiger partial charge in [-0.2, -0.15) is 0 Å². The van der Waals surface area contributed by atoms with Gasteiger partial charge >= 0.3 is 0 Å². The lowest BCUT2D eigenvalue weighted by Crippen LogP contribution is -2.25. The van der Waals surface area contributed by atoms with Gasteiger partial charge in [0.1, 0.15) is 0 Å². The van der Waals surface area contributed by atoms with Gasteiger partial charge in [-0.15, -0.1) is 11.3 Å². The van der Waals surface area contributed by atoms with Crippen molar-refractivity contribution in [2.75, 3.05) is 0 Å². The van der Waals surface area contributed by atoms with E-state index in [-0.39, 0.29) is 5.56 Å². The number of pyridine rings is 1. The van der Waals surface area contributed by atoms with Crippen LogP contribution in [0.1, 0.15) is 22.3 Å². The van der Waals surface area contributed by atoms with Gasteiger partial charge in [-0.05, 0) is 133 Å². The molecule has 0 bridgehead atoms. The van der Waals surface area contributed by atoms with Crippen molar-refractivity contribution < 1.29 is 0 Å². The summed E-state index contributed by atoms with van der Waals surface area (Å²) in [6, 6.07) is 85.1. The minimum atomic E-state index is -0.453. The Balaban J connectivity index is 1.01. The fourth-order valence-corrected chi connectivity index (χ4v) is 14.7. The maximum Gasteiger partial charge on any atom is 0.263 e. The van der Waals surface area contributed by atoms with Crippen molar-refractivity contribution in [1.29, 1.82) is 0 Å². The molecule has 0 radical (unpaired) electrons. The summed E-state index contributed by atoms with van der Waals surface area (Å²) < 4.78 is 7.03. The number of rotatable bonds is 3. The van der Waals surface area contributed by atoms with E-state index in [9.17, 15) is 4.79 Å².